The van der Waals surface area contributed by atoms with E-state index in [1.54, 1.807) is 30.3 Å². The van der Waals surface area contributed by atoms with E-state index < -0.39 is 0 Å². The number of hydrogen-bond acceptors (Lipinski definition) is 2. The monoisotopic (exact) mass is 231 g/mol. The molecule has 0 saturated heterocycles. The molecule has 1 atom stereocenters. The molecule has 1 unspecified atom stereocenters. The summed E-state index contributed by atoms with van der Waals surface area (Å²) >= 11 is 0. The number of halogens is 1. The van der Waals surface area contributed by atoms with E-state index in [1.807, 2.05) is 6.92 Å². The topological polar surface area (TPSA) is 46.2 Å². The zero-order valence-electron chi connectivity index (χ0n) is 9.52. The minimum atomic E-state index is -0.319. The van der Waals surface area contributed by atoms with Crippen LogP contribution in [0.25, 0.3) is 11.1 Å². The van der Waals surface area contributed by atoms with Crippen molar-refractivity contribution in [3.05, 3.63) is 53.8 Å². The first kappa shape index (κ1) is 11.6. The van der Waals surface area contributed by atoms with Crippen molar-refractivity contribution >= 4 is 0 Å². The molecule has 0 amide bonds. The first-order chi connectivity index (χ1) is 8.08. The zero-order valence-corrected chi connectivity index (χ0v) is 9.52. The molecule has 0 spiro atoms. The van der Waals surface area contributed by atoms with Gasteiger partial charge in [-0.25, -0.2) is 4.39 Å². The average Bonchev–Trinajstić information content (AvgIpc) is 2.29. The van der Waals surface area contributed by atoms with Crippen molar-refractivity contribution < 1.29 is 9.50 Å². The Bertz CT molecular complexity index is 537. The van der Waals surface area contributed by atoms with E-state index >= 15 is 0 Å². The summed E-state index contributed by atoms with van der Waals surface area (Å²) in [5.41, 5.74) is 7.73. The largest absolute Gasteiger partial charge is 0.508 e. The van der Waals surface area contributed by atoms with Crippen LogP contribution in [0.15, 0.2) is 42.5 Å². The number of rotatable bonds is 2. The summed E-state index contributed by atoms with van der Waals surface area (Å²) < 4.78 is 13.7. The summed E-state index contributed by atoms with van der Waals surface area (Å²) in [5.74, 6) is -0.201. The molecular formula is C14H14FNO. The third-order valence-corrected chi connectivity index (χ3v) is 2.67. The maximum atomic E-state index is 13.7. The highest BCUT2D eigenvalue weighted by atomic mass is 19.1. The molecule has 0 heterocycles. The van der Waals surface area contributed by atoms with Crippen LogP contribution in [0.5, 0.6) is 5.75 Å². The van der Waals surface area contributed by atoms with Crippen LogP contribution in [-0.4, -0.2) is 5.11 Å². The Labute approximate surface area is 99.5 Å². The lowest BCUT2D eigenvalue weighted by atomic mass is 10.00. The molecule has 2 nitrogen and oxygen atoms in total. The molecule has 0 aromatic heterocycles. The Morgan fingerprint density at radius 3 is 2.59 bits per heavy atom. The van der Waals surface area contributed by atoms with Crippen LogP contribution >= 0.6 is 0 Å². The van der Waals surface area contributed by atoms with Gasteiger partial charge in [-0.2, -0.15) is 0 Å². The highest BCUT2D eigenvalue weighted by Gasteiger charge is 2.08. The molecule has 0 aliphatic heterocycles. The highest BCUT2D eigenvalue weighted by molar-refractivity contribution is 5.66. The van der Waals surface area contributed by atoms with Gasteiger partial charge < -0.3 is 10.8 Å². The standard InChI is InChI=1S/C14H14FNO/c1-9(16)10-5-6-14(15)13(8-10)11-3-2-4-12(17)7-11/h2-9,17H,16H2,1H3. The number of phenolic OH excluding ortho intramolecular Hbond substituents is 1. The number of phenols is 1. The quantitative estimate of drug-likeness (QED) is 0.833. The van der Waals surface area contributed by atoms with E-state index in [4.69, 9.17) is 5.73 Å². The van der Waals surface area contributed by atoms with Gasteiger partial charge in [0.1, 0.15) is 11.6 Å². The van der Waals surface area contributed by atoms with Crippen molar-refractivity contribution in [2.45, 2.75) is 13.0 Å². The first-order valence-electron chi connectivity index (χ1n) is 5.42. The lowest BCUT2D eigenvalue weighted by molar-refractivity contribution is 0.475. The summed E-state index contributed by atoms with van der Waals surface area (Å²) in [6.07, 6.45) is 0. The molecule has 2 aromatic rings. The Hall–Kier alpha value is -1.87. The lowest BCUT2D eigenvalue weighted by Gasteiger charge is -2.10. The fourth-order valence-electron chi connectivity index (χ4n) is 1.72. The van der Waals surface area contributed by atoms with Crippen molar-refractivity contribution in [1.82, 2.24) is 0 Å². The van der Waals surface area contributed by atoms with Gasteiger partial charge in [0.05, 0.1) is 0 Å². The molecule has 88 valence electrons. The summed E-state index contributed by atoms with van der Waals surface area (Å²) in [6.45, 7) is 1.85. The van der Waals surface area contributed by atoms with Crippen molar-refractivity contribution in [2.75, 3.05) is 0 Å². The molecule has 0 saturated carbocycles. The van der Waals surface area contributed by atoms with Crippen LogP contribution in [-0.2, 0) is 0 Å². The molecule has 2 aromatic carbocycles. The van der Waals surface area contributed by atoms with Crippen molar-refractivity contribution in [1.29, 1.82) is 0 Å². The van der Waals surface area contributed by atoms with Crippen LogP contribution in [0.4, 0.5) is 4.39 Å². The summed E-state index contributed by atoms with van der Waals surface area (Å²) in [6, 6.07) is 11.2. The smallest absolute Gasteiger partial charge is 0.131 e. The maximum absolute atomic E-state index is 13.7. The highest BCUT2D eigenvalue weighted by Crippen LogP contribution is 2.27. The normalized spacial score (nSPS) is 12.4. The van der Waals surface area contributed by atoms with Gasteiger partial charge >= 0.3 is 0 Å². The van der Waals surface area contributed by atoms with Gasteiger partial charge in [0.15, 0.2) is 0 Å². The van der Waals surface area contributed by atoms with E-state index in [0.717, 1.165) is 5.56 Å². The van der Waals surface area contributed by atoms with Gasteiger partial charge in [-0.3, -0.25) is 0 Å². The van der Waals surface area contributed by atoms with E-state index in [1.165, 1.54) is 12.1 Å². The van der Waals surface area contributed by atoms with Gasteiger partial charge in [0.25, 0.3) is 0 Å². The van der Waals surface area contributed by atoms with Crippen LogP contribution in [0.1, 0.15) is 18.5 Å². The van der Waals surface area contributed by atoms with Crippen molar-refractivity contribution in [3.8, 4) is 16.9 Å². The summed E-state index contributed by atoms with van der Waals surface area (Å²) in [7, 11) is 0. The lowest BCUT2D eigenvalue weighted by Crippen LogP contribution is -2.05. The minimum Gasteiger partial charge on any atom is -0.508 e. The van der Waals surface area contributed by atoms with Gasteiger partial charge in [0.2, 0.25) is 0 Å². The maximum Gasteiger partial charge on any atom is 0.131 e. The molecular weight excluding hydrogens is 217 g/mol. The van der Waals surface area contributed by atoms with E-state index in [2.05, 4.69) is 0 Å². The van der Waals surface area contributed by atoms with Crippen LogP contribution < -0.4 is 5.73 Å². The summed E-state index contributed by atoms with van der Waals surface area (Å²) in [5, 5.41) is 9.40. The SMILES string of the molecule is CC(N)c1ccc(F)c(-c2cccc(O)c2)c1. The summed E-state index contributed by atoms with van der Waals surface area (Å²) in [4.78, 5) is 0. The molecule has 17 heavy (non-hydrogen) atoms. The number of aromatic hydroxyl groups is 1. The predicted octanol–water partition coefficient (Wildman–Crippen LogP) is 3.22. The fourth-order valence-corrected chi connectivity index (χ4v) is 1.72. The second kappa shape index (κ2) is 4.55. The third kappa shape index (κ3) is 2.45. The van der Waals surface area contributed by atoms with Gasteiger partial charge in [0, 0.05) is 11.6 Å². The fraction of sp³-hybridized carbons (Fsp3) is 0.143. The Morgan fingerprint density at radius 2 is 1.94 bits per heavy atom. The van der Waals surface area contributed by atoms with E-state index in [9.17, 15) is 9.50 Å². The van der Waals surface area contributed by atoms with Crippen LogP contribution in [0.2, 0.25) is 0 Å². The Balaban J connectivity index is 2.54. The minimum absolute atomic E-state index is 0.119. The molecule has 0 aliphatic rings. The van der Waals surface area contributed by atoms with E-state index in [-0.39, 0.29) is 17.6 Å². The number of hydrogen-bond donors (Lipinski definition) is 2. The average molecular weight is 231 g/mol. The Kier molecular flexibility index (Phi) is 3.11. The molecule has 0 aliphatic carbocycles. The predicted molar refractivity (Wildman–Crippen MR) is 66.1 cm³/mol. The number of benzene rings is 2. The Morgan fingerprint density at radius 1 is 1.18 bits per heavy atom. The number of nitrogens with two attached hydrogens (primary N) is 1. The second-order valence-corrected chi connectivity index (χ2v) is 4.08. The van der Waals surface area contributed by atoms with Crippen molar-refractivity contribution in [3.63, 3.8) is 0 Å². The molecule has 0 fully saturated rings. The molecule has 0 radical (unpaired) electrons. The van der Waals surface area contributed by atoms with E-state index in [0.29, 0.717) is 11.1 Å². The van der Waals surface area contributed by atoms with Crippen LogP contribution in [0, 0.1) is 5.82 Å². The van der Waals surface area contributed by atoms with Crippen LogP contribution in [0.3, 0.4) is 0 Å². The van der Waals surface area contributed by atoms with Gasteiger partial charge in [-0.15, -0.1) is 0 Å². The first-order valence-corrected chi connectivity index (χ1v) is 5.42. The molecule has 0 bridgehead atoms. The van der Waals surface area contributed by atoms with Gasteiger partial charge in [-0.1, -0.05) is 18.2 Å². The zero-order chi connectivity index (χ0) is 12.4. The van der Waals surface area contributed by atoms with Crippen molar-refractivity contribution in [2.24, 2.45) is 5.73 Å². The molecule has 3 N–H and O–H groups in total. The second-order valence-electron chi connectivity index (χ2n) is 4.08. The van der Waals surface area contributed by atoms with Gasteiger partial charge in [-0.05, 0) is 42.3 Å². The molecule has 3 heteroatoms. The molecule has 2 rings (SSSR count). The third-order valence-electron chi connectivity index (χ3n) is 2.67.